The lowest BCUT2D eigenvalue weighted by molar-refractivity contribution is -0.166. The molecule has 2 aliphatic heterocycles. The van der Waals surface area contributed by atoms with Crippen molar-refractivity contribution in [1.29, 1.82) is 0 Å². The molecule has 6 heteroatoms. The van der Waals surface area contributed by atoms with Crippen molar-refractivity contribution in [2.24, 2.45) is 0 Å². The van der Waals surface area contributed by atoms with Gasteiger partial charge in [-0.05, 0) is 20.8 Å². The van der Waals surface area contributed by atoms with Crippen molar-refractivity contribution in [3.63, 3.8) is 0 Å². The van der Waals surface area contributed by atoms with E-state index >= 15 is 0 Å². The first-order valence-electron chi connectivity index (χ1n) is 6.02. The third kappa shape index (κ3) is 2.64. The smallest absolute Gasteiger partial charge is 0.347 e. The quantitative estimate of drug-likeness (QED) is 0.681. The lowest BCUT2D eigenvalue weighted by Crippen LogP contribution is -2.34. The largest absolute Gasteiger partial charge is 0.457 e. The van der Waals surface area contributed by atoms with Crippen LogP contribution in [0.3, 0.4) is 0 Å². The standard InChI is InChI=1S/C12H18O6/c1-6-10(18-12(3,4)17-6)8-5-9(11(14)16-8)15-7(2)13/h6,8-10H,5H2,1-4H3/t6-,8-,9-,10-/m1/s1. The van der Waals surface area contributed by atoms with E-state index in [4.69, 9.17) is 18.9 Å². The Morgan fingerprint density at radius 3 is 2.56 bits per heavy atom. The number of cyclic esters (lactones) is 1. The van der Waals surface area contributed by atoms with E-state index in [1.165, 1.54) is 6.92 Å². The van der Waals surface area contributed by atoms with Crippen LogP contribution in [0, 0.1) is 0 Å². The number of hydrogen-bond donors (Lipinski definition) is 0. The fourth-order valence-corrected chi connectivity index (χ4v) is 2.42. The van der Waals surface area contributed by atoms with Gasteiger partial charge in [0.25, 0.3) is 0 Å². The number of ether oxygens (including phenoxy) is 4. The minimum atomic E-state index is -0.827. The molecule has 18 heavy (non-hydrogen) atoms. The summed E-state index contributed by atoms with van der Waals surface area (Å²) in [6, 6.07) is 0. The van der Waals surface area contributed by atoms with Crippen molar-refractivity contribution in [3.8, 4) is 0 Å². The van der Waals surface area contributed by atoms with Crippen LogP contribution >= 0.6 is 0 Å². The van der Waals surface area contributed by atoms with Gasteiger partial charge in [-0.25, -0.2) is 4.79 Å². The van der Waals surface area contributed by atoms with Crippen molar-refractivity contribution < 1.29 is 28.5 Å². The zero-order valence-corrected chi connectivity index (χ0v) is 11.0. The summed E-state index contributed by atoms with van der Waals surface area (Å²) in [5.74, 6) is -1.69. The third-order valence-electron chi connectivity index (χ3n) is 3.00. The highest BCUT2D eigenvalue weighted by Crippen LogP contribution is 2.34. The molecule has 0 aromatic carbocycles. The van der Waals surface area contributed by atoms with E-state index in [1.807, 2.05) is 20.8 Å². The summed E-state index contributed by atoms with van der Waals surface area (Å²) in [5.41, 5.74) is 0. The topological polar surface area (TPSA) is 71.1 Å². The van der Waals surface area contributed by atoms with Gasteiger partial charge in [0.2, 0.25) is 6.10 Å². The van der Waals surface area contributed by atoms with Gasteiger partial charge in [0.1, 0.15) is 12.2 Å². The van der Waals surface area contributed by atoms with Crippen LogP contribution in [-0.2, 0) is 28.5 Å². The van der Waals surface area contributed by atoms with Gasteiger partial charge in [0.15, 0.2) is 5.79 Å². The number of carbonyl (C=O) groups excluding carboxylic acids is 2. The van der Waals surface area contributed by atoms with Crippen molar-refractivity contribution in [2.45, 2.75) is 64.3 Å². The van der Waals surface area contributed by atoms with Gasteiger partial charge in [0, 0.05) is 13.3 Å². The van der Waals surface area contributed by atoms with Crippen molar-refractivity contribution in [2.75, 3.05) is 0 Å². The number of carbonyl (C=O) groups is 2. The Hall–Kier alpha value is -1.14. The minimum absolute atomic E-state index is 0.172. The molecule has 0 aliphatic carbocycles. The van der Waals surface area contributed by atoms with Crippen LogP contribution in [0.25, 0.3) is 0 Å². The van der Waals surface area contributed by atoms with Crippen molar-refractivity contribution in [1.82, 2.24) is 0 Å². The second-order valence-electron chi connectivity index (χ2n) is 5.11. The van der Waals surface area contributed by atoms with Gasteiger partial charge in [0.05, 0.1) is 6.10 Å². The molecule has 0 aromatic heterocycles. The summed E-state index contributed by atoms with van der Waals surface area (Å²) in [6.07, 6.45) is -1.45. The van der Waals surface area contributed by atoms with Gasteiger partial charge in [-0.15, -0.1) is 0 Å². The minimum Gasteiger partial charge on any atom is -0.457 e. The second-order valence-corrected chi connectivity index (χ2v) is 5.11. The molecule has 2 saturated heterocycles. The lowest BCUT2D eigenvalue weighted by Gasteiger charge is -2.20. The Morgan fingerprint density at radius 2 is 2.06 bits per heavy atom. The summed E-state index contributed by atoms with van der Waals surface area (Å²) in [7, 11) is 0. The van der Waals surface area contributed by atoms with E-state index in [2.05, 4.69) is 0 Å². The third-order valence-corrected chi connectivity index (χ3v) is 3.00. The van der Waals surface area contributed by atoms with Crippen LogP contribution in [0.4, 0.5) is 0 Å². The fourth-order valence-electron chi connectivity index (χ4n) is 2.42. The van der Waals surface area contributed by atoms with Gasteiger partial charge in [-0.2, -0.15) is 0 Å². The maximum Gasteiger partial charge on any atom is 0.347 e. The zero-order valence-electron chi connectivity index (χ0n) is 11.0. The molecule has 0 amide bonds. The summed E-state index contributed by atoms with van der Waals surface area (Å²) >= 11 is 0. The van der Waals surface area contributed by atoms with E-state index in [0.29, 0.717) is 6.42 Å². The highest BCUT2D eigenvalue weighted by Gasteiger charge is 2.49. The Bertz CT molecular complexity index is 364. The average molecular weight is 258 g/mol. The molecule has 4 atom stereocenters. The SMILES string of the molecule is CC(=O)O[C@@H]1C[C@H]([C@@H]2OC(C)(C)O[C@@H]2C)OC1=O. The predicted octanol–water partition coefficient (Wildman–Crippen LogP) is 0.774. The monoisotopic (exact) mass is 258 g/mol. The first kappa shape index (κ1) is 13.3. The lowest BCUT2D eigenvalue weighted by atomic mass is 10.1. The highest BCUT2D eigenvalue weighted by molar-refractivity contribution is 5.80. The molecule has 0 spiro atoms. The van der Waals surface area contributed by atoms with Crippen molar-refractivity contribution >= 4 is 11.9 Å². The van der Waals surface area contributed by atoms with E-state index in [-0.39, 0.29) is 12.2 Å². The molecule has 102 valence electrons. The van der Waals surface area contributed by atoms with Crippen molar-refractivity contribution in [3.05, 3.63) is 0 Å². The molecular weight excluding hydrogens is 240 g/mol. The van der Waals surface area contributed by atoms with Crippen LogP contribution in [0.15, 0.2) is 0 Å². The summed E-state index contributed by atoms with van der Waals surface area (Å²) < 4.78 is 21.4. The van der Waals surface area contributed by atoms with Gasteiger partial charge in [-0.3, -0.25) is 4.79 Å². The molecule has 0 N–H and O–H groups in total. The molecule has 0 aromatic rings. The summed E-state index contributed by atoms with van der Waals surface area (Å²) in [4.78, 5) is 22.4. The van der Waals surface area contributed by atoms with E-state index in [1.54, 1.807) is 0 Å². The number of esters is 2. The van der Waals surface area contributed by atoms with Crippen LogP contribution in [0.1, 0.15) is 34.1 Å². The normalized spacial score (nSPS) is 38.6. The molecular formula is C12H18O6. The first-order valence-corrected chi connectivity index (χ1v) is 6.02. The molecule has 0 saturated carbocycles. The Balaban J connectivity index is 2.00. The second kappa shape index (κ2) is 4.51. The molecule has 0 bridgehead atoms. The zero-order chi connectivity index (χ0) is 13.5. The number of rotatable bonds is 2. The Kier molecular flexibility index (Phi) is 3.33. The van der Waals surface area contributed by atoms with E-state index in [0.717, 1.165) is 0 Å². The molecule has 0 unspecified atom stereocenters. The summed E-state index contributed by atoms with van der Waals surface area (Å²) in [6.45, 7) is 6.75. The van der Waals surface area contributed by atoms with Gasteiger partial charge in [-0.1, -0.05) is 0 Å². The van der Waals surface area contributed by atoms with E-state index in [9.17, 15) is 9.59 Å². The number of hydrogen-bond acceptors (Lipinski definition) is 6. The van der Waals surface area contributed by atoms with Crippen LogP contribution in [0.2, 0.25) is 0 Å². The molecule has 6 nitrogen and oxygen atoms in total. The molecule has 2 fully saturated rings. The Morgan fingerprint density at radius 1 is 1.39 bits per heavy atom. The van der Waals surface area contributed by atoms with Crippen LogP contribution in [-0.4, -0.2) is 42.1 Å². The maximum atomic E-state index is 11.5. The Labute approximate surface area is 106 Å². The molecule has 2 rings (SSSR count). The maximum absolute atomic E-state index is 11.5. The predicted molar refractivity (Wildman–Crippen MR) is 59.6 cm³/mol. The van der Waals surface area contributed by atoms with E-state index < -0.39 is 29.9 Å². The van der Waals surface area contributed by atoms with Gasteiger partial charge < -0.3 is 18.9 Å². The molecule has 2 heterocycles. The van der Waals surface area contributed by atoms with Crippen LogP contribution < -0.4 is 0 Å². The molecule has 0 radical (unpaired) electrons. The molecule has 2 aliphatic rings. The summed E-state index contributed by atoms with van der Waals surface area (Å²) in [5, 5.41) is 0. The first-order chi connectivity index (χ1) is 8.28. The average Bonchev–Trinajstić information content (AvgIpc) is 2.67. The van der Waals surface area contributed by atoms with Gasteiger partial charge >= 0.3 is 11.9 Å². The fraction of sp³-hybridized carbons (Fsp3) is 0.833. The van der Waals surface area contributed by atoms with Crippen LogP contribution in [0.5, 0.6) is 0 Å². The highest BCUT2D eigenvalue weighted by atomic mass is 16.8.